The summed E-state index contributed by atoms with van der Waals surface area (Å²) < 4.78 is 28.6. The average Bonchev–Trinajstić information content (AvgIpc) is 3.27. The fourth-order valence-corrected chi connectivity index (χ4v) is 5.01. The van der Waals surface area contributed by atoms with Gasteiger partial charge in [-0.1, -0.05) is 24.1 Å². The molecule has 31 heavy (non-hydrogen) atoms. The third-order valence-electron chi connectivity index (χ3n) is 5.29. The van der Waals surface area contributed by atoms with E-state index in [4.69, 9.17) is 0 Å². The summed E-state index contributed by atoms with van der Waals surface area (Å²) in [5.41, 5.74) is 2.29. The summed E-state index contributed by atoms with van der Waals surface area (Å²) in [6, 6.07) is 13.7. The Morgan fingerprint density at radius 3 is 2.35 bits per heavy atom. The monoisotopic (exact) mass is 440 g/mol. The number of hydrogen-bond donors (Lipinski definition) is 1. The van der Waals surface area contributed by atoms with Gasteiger partial charge in [-0.3, -0.25) is 4.79 Å². The van der Waals surface area contributed by atoms with Crippen molar-refractivity contribution in [2.24, 2.45) is 0 Å². The lowest BCUT2D eigenvalue weighted by Crippen LogP contribution is -2.35. The van der Waals surface area contributed by atoms with E-state index in [1.807, 2.05) is 31.2 Å². The van der Waals surface area contributed by atoms with Gasteiger partial charge in [-0.15, -0.1) is 5.10 Å². The topological polar surface area (TPSA) is 110 Å². The first-order valence-electron chi connectivity index (χ1n) is 10.2. The van der Waals surface area contributed by atoms with E-state index in [-0.39, 0.29) is 17.3 Å². The Balaban J connectivity index is 1.42. The van der Waals surface area contributed by atoms with E-state index in [0.29, 0.717) is 24.5 Å². The van der Waals surface area contributed by atoms with Gasteiger partial charge >= 0.3 is 0 Å². The Labute approximate surface area is 181 Å². The maximum atomic E-state index is 12.7. The van der Waals surface area contributed by atoms with E-state index in [9.17, 15) is 13.2 Å². The number of aryl methyl sites for hydroxylation is 1. The number of aromatic nitrogens is 4. The smallest absolute Gasteiger partial charge is 0.251 e. The summed E-state index contributed by atoms with van der Waals surface area (Å²) in [5.74, 6) is 0.155. The van der Waals surface area contributed by atoms with Gasteiger partial charge < -0.3 is 5.32 Å². The number of nitrogens with one attached hydrogen (secondary N) is 1. The second-order valence-corrected chi connectivity index (χ2v) is 9.45. The third-order valence-corrected chi connectivity index (χ3v) is 7.20. The van der Waals surface area contributed by atoms with Gasteiger partial charge in [-0.2, -0.15) is 8.99 Å². The van der Waals surface area contributed by atoms with E-state index in [2.05, 4.69) is 20.8 Å². The van der Waals surface area contributed by atoms with E-state index in [1.165, 1.54) is 28.6 Å². The van der Waals surface area contributed by atoms with E-state index < -0.39 is 10.0 Å². The molecule has 9 nitrogen and oxygen atoms in total. The standard InChI is InChI=1S/C21H24N6O3S/c1-16-5-9-18(10-6-16)27-20(23-24-25-27)15-22-21(28)17-7-11-19(12-8-17)31(29,30)26-13-3-2-4-14-26/h5-12H,2-4,13-15H2,1H3,(H,22,28). The van der Waals surface area contributed by atoms with E-state index in [0.717, 1.165) is 30.5 Å². The molecule has 1 aliphatic rings. The maximum absolute atomic E-state index is 12.7. The predicted molar refractivity (Wildman–Crippen MR) is 114 cm³/mol. The number of carbonyl (C=O) groups is 1. The van der Waals surface area contributed by atoms with Crippen LogP contribution in [0.25, 0.3) is 5.69 Å². The highest BCUT2D eigenvalue weighted by Gasteiger charge is 2.26. The van der Waals surface area contributed by atoms with Crippen molar-refractivity contribution in [3.63, 3.8) is 0 Å². The van der Waals surface area contributed by atoms with Gasteiger partial charge in [0.2, 0.25) is 10.0 Å². The number of amides is 1. The van der Waals surface area contributed by atoms with Crippen molar-refractivity contribution in [2.45, 2.75) is 37.6 Å². The van der Waals surface area contributed by atoms with Crippen LogP contribution in [-0.2, 0) is 16.6 Å². The molecule has 2 heterocycles. The number of nitrogens with zero attached hydrogens (tertiary/aromatic N) is 5. The van der Waals surface area contributed by atoms with E-state index >= 15 is 0 Å². The van der Waals surface area contributed by atoms with Crippen molar-refractivity contribution < 1.29 is 13.2 Å². The Bertz CT molecular complexity index is 1150. The lowest BCUT2D eigenvalue weighted by atomic mass is 10.2. The summed E-state index contributed by atoms with van der Waals surface area (Å²) >= 11 is 0. The fourth-order valence-electron chi connectivity index (χ4n) is 3.50. The van der Waals surface area contributed by atoms with Crippen molar-refractivity contribution in [3.8, 4) is 5.69 Å². The second-order valence-electron chi connectivity index (χ2n) is 7.51. The van der Waals surface area contributed by atoms with Gasteiger partial charge in [-0.25, -0.2) is 8.42 Å². The molecule has 1 aliphatic heterocycles. The molecule has 2 aromatic carbocycles. The SMILES string of the molecule is Cc1ccc(-n2nnnc2CNC(=O)c2ccc(S(=O)(=O)N3CCCCC3)cc2)cc1. The van der Waals surface area contributed by atoms with Gasteiger partial charge in [0.25, 0.3) is 5.91 Å². The number of benzene rings is 2. The lowest BCUT2D eigenvalue weighted by Gasteiger charge is -2.25. The molecule has 0 bridgehead atoms. The Morgan fingerprint density at radius 1 is 1.00 bits per heavy atom. The Kier molecular flexibility index (Phi) is 6.10. The van der Waals surface area contributed by atoms with Gasteiger partial charge in [0, 0.05) is 18.7 Å². The van der Waals surface area contributed by atoms with Crippen LogP contribution in [0.15, 0.2) is 53.4 Å². The number of hydrogen-bond acceptors (Lipinski definition) is 6. The van der Waals surface area contributed by atoms with Crippen LogP contribution in [0.1, 0.15) is 41.0 Å². The normalized spacial score (nSPS) is 15.0. The molecule has 10 heteroatoms. The van der Waals surface area contributed by atoms with Gasteiger partial charge in [0.15, 0.2) is 5.82 Å². The molecule has 1 N–H and O–H groups in total. The zero-order valence-electron chi connectivity index (χ0n) is 17.2. The van der Waals surface area contributed by atoms with Crippen LogP contribution in [0.4, 0.5) is 0 Å². The highest BCUT2D eigenvalue weighted by atomic mass is 32.2. The molecule has 1 amide bonds. The quantitative estimate of drug-likeness (QED) is 0.628. The van der Waals surface area contributed by atoms with Crippen LogP contribution in [0.5, 0.6) is 0 Å². The van der Waals surface area contributed by atoms with E-state index in [1.54, 1.807) is 4.68 Å². The maximum Gasteiger partial charge on any atom is 0.251 e. The van der Waals surface area contributed by atoms with Crippen LogP contribution in [0.2, 0.25) is 0 Å². The van der Waals surface area contributed by atoms with Crippen LogP contribution in [-0.4, -0.2) is 51.9 Å². The fraction of sp³-hybridized carbons (Fsp3) is 0.333. The molecule has 0 atom stereocenters. The number of sulfonamides is 1. The molecule has 0 saturated carbocycles. The third kappa shape index (κ3) is 4.64. The molecule has 162 valence electrons. The minimum absolute atomic E-state index is 0.132. The summed E-state index contributed by atoms with van der Waals surface area (Å²) in [5, 5.41) is 14.4. The first-order chi connectivity index (χ1) is 14.9. The van der Waals surface area contributed by atoms with Gasteiger partial charge in [0.05, 0.1) is 17.1 Å². The Morgan fingerprint density at radius 2 is 1.68 bits per heavy atom. The van der Waals surface area contributed by atoms with Crippen molar-refractivity contribution in [1.82, 2.24) is 29.8 Å². The van der Waals surface area contributed by atoms with Crippen molar-refractivity contribution >= 4 is 15.9 Å². The van der Waals surface area contributed by atoms with Crippen LogP contribution < -0.4 is 5.32 Å². The Hall–Kier alpha value is -3.11. The molecular weight excluding hydrogens is 416 g/mol. The zero-order chi connectivity index (χ0) is 21.8. The molecule has 0 unspecified atom stereocenters. The molecular formula is C21H24N6O3S. The molecule has 1 aromatic heterocycles. The predicted octanol–water partition coefficient (Wildman–Crippen LogP) is 2.08. The summed E-state index contributed by atoms with van der Waals surface area (Å²) in [6.45, 7) is 3.21. The zero-order valence-corrected chi connectivity index (χ0v) is 18.0. The molecule has 1 fully saturated rings. The number of piperidine rings is 1. The molecule has 0 radical (unpaired) electrons. The van der Waals surface area contributed by atoms with Crippen LogP contribution in [0.3, 0.4) is 0 Å². The minimum Gasteiger partial charge on any atom is -0.345 e. The van der Waals surface area contributed by atoms with Crippen LogP contribution >= 0.6 is 0 Å². The molecule has 1 saturated heterocycles. The van der Waals surface area contributed by atoms with Crippen molar-refractivity contribution in [1.29, 1.82) is 0 Å². The highest BCUT2D eigenvalue weighted by Crippen LogP contribution is 2.21. The number of rotatable bonds is 6. The second kappa shape index (κ2) is 8.94. The first-order valence-corrected chi connectivity index (χ1v) is 11.6. The largest absolute Gasteiger partial charge is 0.345 e. The first kappa shape index (κ1) is 21.1. The summed E-state index contributed by atoms with van der Waals surface area (Å²) in [4.78, 5) is 12.7. The van der Waals surface area contributed by atoms with Gasteiger partial charge in [-0.05, 0) is 66.6 Å². The number of tetrazole rings is 1. The molecule has 0 aliphatic carbocycles. The molecule has 3 aromatic rings. The lowest BCUT2D eigenvalue weighted by molar-refractivity contribution is 0.0949. The highest BCUT2D eigenvalue weighted by molar-refractivity contribution is 7.89. The average molecular weight is 441 g/mol. The molecule has 4 rings (SSSR count). The summed E-state index contributed by atoms with van der Waals surface area (Å²) in [6.07, 6.45) is 2.81. The van der Waals surface area contributed by atoms with Crippen molar-refractivity contribution in [3.05, 3.63) is 65.5 Å². The summed E-state index contributed by atoms with van der Waals surface area (Å²) in [7, 11) is -3.52. The van der Waals surface area contributed by atoms with Gasteiger partial charge in [0.1, 0.15) is 0 Å². The van der Waals surface area contributed by atoms with Crippen molar-refractivity contribution in [2.75, 3.05) is 13.1 Å². The molecule has 0 spiro atoms. The minimum atomic E-state index is -3.52. The van der Waals surface area contributed by atoms with Crippen LogP contribution in [0, 0.1) is 6.92 Å². The number of carbonyl (C=O) groups excluding carboxylic acids is 1.